The molecular weight excluding hydrogens is 428 g/mol. The molecule has 1 amide bonds. The zero-order valence-corrected chi connectivity index (χ0v) is 19.7. The number of pyridine rings is 1. The largest absolute Gasteiger partial charge is 0.463 e. The van der Waals surface area contributed by atoms with Gasteiger partial charge in [0.25, 0.3) is 5.91 Å². The second-order valence-corrected chi connectivity index (χ2v) is 8.53. The maximum Gasteiger partial charge on any atom is 0.252 e. The van der Waals surface area contributed by atoms with Gasteiger partial charge < -0.3 is 9.73 Å². The highest BCUT2D eigenvalue weighted by atomic mass is 16.3. The predicted octanol–water partition coefficient (Wildman–Crippen LogP) is 4.33. The van der Waals surface area contributed by atoms with Crippen molar-refractivity contribution in [1.82, 2.24) is 29.9 Å². The molecule has 0 aliphatic rings. The van der Waals surface area contributed by atoms with Gasteiger partial charge in [0.15, 0.2) is 11.4 Å². The highest BCUT2D eigenvalue weighted by Gasteiger charge is 2.20. The second kappa shape index (κ2) is 8.62. The van der Waals surface area contributed by atoms with Crippen LogP contribution in [-0.4, -0.2) is 30.5 Å². The van der Waals surface area contributed by atoms with Crippen LogP contribution in [0, 0.1) is 20.8 Å². The monoisotopic (exact) mass is 454 g/mol. The molecule has 5 aromatic rings. The number of aryl methyl sites for hydroxylation is 4. The molecule has 4 aromatic heterocycles. The highest BCUT2D eigenvalue weighted by molar-refractivity contribution is 6.07. The Morgan fingerprint density at radius 3 is 2.59 bits per heavy atom. The van der Waals surface area contributed by atoms with Gasteiger partial charge in [0.1, 0.15) is 5.69 Å². The lowest BCUT2D eigenvalue weighted by Crippen LogP contribution is -2.23. The molecule has 8 heteroatoms. The Morgan fingerprint density at radius 1 is 1.03 bits per heavy atom. The minimum absolute atomic E-state index is 0.180. The van der Waals surface area contributed by atoms with Crippen LogP contribution in [-0.2, 0) is 20.1 Å². The van der Waals surface area contributed by atoms with Gasteiger partial charge in [-0.2, -0.15) is 10.2 Å². The van der Waals surface area contributed by atoms with Crippen molar-refractivity contribution in [1.29, 1.82) is 0 Å². The number of carbonyl (C=O) groups is 1. The van der Waals surface area contributed by atoms with Gasteiger partial charge in [0, 0.05) is 19.3 Å². The number of aromatic nitrogens is 5. The van der Waals surface area contributed by atoms with E-state index in [-0.39, 0.29) is 5.91 Å². The summed E-state index contributed by atoms with van der Waals surface area (Å²) in [5.74, 6) is 0.423. The molecule has 0 atom stereocenters. The SMILES string of the molecule is Cc1cc(C)n(Cc2cccc(CNC(=O)c3cc(-c4ccco4)nc4c3c(C)nn4C)c2)n1. The molecule has 0 fully saturated rings. The maximum atomic E-state index is 13.3. The molecule has 0 radical (unpaired) electrons. The van der Waals surface area contributed by atoms with Crippen LogP contribution in [0.25, 0.3) is 22.5 Å². The maximum absolute atomic E-state index is 13.3. The normalized spacial score (nSPS) is 11.3. The molecular formula is C26H26N6O2. The van der Waals surface area contributed by atoms with E-state index in [4.69, 9.17) is 4.42 Å². The molecule has 0 unspecified atom stereocenters. The third kappa shape index (κ3) is 4.10. The van der Waals surface area contributed by atoms with Crippen molar-refractivity contribution in [2.75, 3.05) is 0 Å². The Bertz CT molecular complexity index is 1490. The Hall–Kier alpha value is -4.20. The van der Waals surface area contributed by atoms with Crippen LogP contribution in [0.2, 0.25) is 0 Å². The summed E-state index contributed by atoms with van der Waals surface area (Å²) < 4.78 is 9.20. The van der Waals surface area contributed by atoms with E-state index < -0.39 is 0 Å². The van der Waals surface area contributed by atoms with Crippen LogP contribution in [0.5, 0.6) is 0 Å². The molecule has 0 aliphatic heterocycles. The van der Waals surface area contributed by atoms with E-state index in [9.17, 15) is 4.79 Å². The summed E-state index contributed by atoms with van der Waals surface area (Å²) in [7, 11) is 1.82. The number of amides is 1. The quantitative estimate of drug-likeness (QED) is 0.412. The lowest BCUT2D eigenvalue weighted by molar-refractivity contribution is 0.0952. The Balaban J connectivity index is 1.40. The van der Waals surface area contributed by atoms with Crippen molar-refractivity contribution in [2.45, 2.75) is 33.9 Å². The summed E-state index contributed by atoms with van der Waals surface area (Å²) in [5, 5.41) is 12.8. The third-order valence-corrected chi connectivity index (χ3v) is 5.87. The second-order valence-electron chi connectivity index (χ2n) is 8.53. The molecule has 5 rings (SSSR count). The average Bonchev–Trinajstić information content (AvgIpc) is 3.52. The summed E-state index contributed by atoms with van der Waals surface area (Å²) in [4.78, 5) is 18.0. The number of nitrogens with zero attached hydrogens (tertiary/aromatic N) is 5. The molecule has 172 valence electrons. The van der Waals surface area contributed by atoms with Crippen LogP contribution >= 0.6 is 0 Å². The Kier molecular flexibility index (Phi) is 5.49. The van der Waals surface area contributed by atoms with Crippen LogP contribution in [0.3, 0.4) is 0 Å². The molecule has 0 aliphatic carbocycles. The highest BCUT2D eigenvalue weighted by Crippen LogP contribution is 2.27. The molecule has 0 saturated heterocycles. The van der Waals surface area contributed by atoms with Gasteiger partial charge >= 0.3 is 0 Å². The predicted molar refractivity (Wildman–Crippen MR) is 129 cm³/mol. The first-order chi connectivity index (χ1) is 16.4. The number of nitrogens with one attached hydrogen (secondary N) is 1. The van der Waals surface area contributed by atoms with E-state index >= 15 is 0 Å². The number of rotatable bonds is 6. The fourth-order valence-corrected chi connectivity index (χ4v) is 4.30. The molecule has 0 saturated carbocycles. The van der Waals surface area contributed by atoms with Crippen molar-refractivity contribution in [3.63, 3.8) is 0 Å². The number of carbonyl (C=O) groups excluding carboxylic acids is 1. The van der Waals surface area contributed by atoms with Gasteiger partial charge in [0.05, 0.1) is 35.1 Å². The van der Waals surface area contributed by atoms with Gasteiger partial charge in [0.2, 0.25) is 0 Å². The summed E-state index contributed by atoms with van der Waals surface area (Å²) in [6.45, 7) is 7.02. The topological polar surface area (TPSA) is 90.8 Å². The Morgan fingerprint density at radius 2 is 1.85 bits per heavy atom. The average molecular weight is 455 g/mol. The fraction of sp³-hybridized carbons (Fsp3) is 0.231. The van der Waals surface area contributed by atoms with Crippen LogP contribution in [0.15, 0.2) is 59.2 Å². The molecule has 1 N–H and O–H groups in total. The van der Waals surface area contributed by atoms with E-state index in [1.54, 1.807) is 23.1 Å². The Labute approximate surface area is 197 Å². The van der Waals surface area contributed by atoms with Gasteiger partial charge in [-0.3, -0.25) is 14.2 Å². The molecule has 0 bridgehead atoms. The van der Waals surface area contributed by atoms with Gasteiger partial charge in [-0.05, 0) is 56.2 Å². The molecule has 0 spiro atoms. The minimum atomic E-state index is -0.180. The number of furan rings is 1. The lowest BCUT2D eigenvalue weighted by Gasteiger charge is -2.10. The summed E-state index contributed by atoms with van der Waals surface area (Å²) in [6, 6.07) is 15.7. The van der Waals surface area contributed by atoms with Crippen molar-refractivity contribution in [2.24, 2.45) is 7.05 Å². The van der Waals surface area contributed by atoms with Crippen molar-refractivity contribution >= 4 is 16.9 Å². The van der Waals surface area contributed by atoms with E-state index in [0.29, 0.717) is 35.8 Å². The molecule has 8 nitrogen and oxygen atoms in total. The first kappa shape index (κ1) is 21.6. The standard InChI is InChI=1S/C26H26N6O2/c1-16-11-17(2)32(29-16)15-20-8-5-7-19(12-20)14-27-26(33)21-13-22(23-9-6-10-34-23)28-25-24(21)18(3)30-31(25)4/h5-13H,14-15H2,1-4H3,(H,27,33). The summed E-state index contributed by atoms with van der Waals surface area (Å²) >= 11 is 0. The van der Waals surface area contributed by atoms with Gasteiger partial charge in [-0.25, -0.2) is 4.98 Å². The van der Waals surface area contributed by atoms with Gasteiger partial charge in [-0.1, -0.05) is 24.3 Å². The zero-order chi connectivity index (χ0) is 23.8. The summed E-state index contributed by atoms with van der Waals surface area (Å²) in [5.41, 5.74) is 6.80. The fourth-order valence-electron chi connectivity index (χ4n) is 4.30. The van der Waals surface area contributed by atoms with Crippen LogP contribution in [0.1, 0.15) is 38.6 Å². The van der Waals surface area contributed by atoms with E-state index in [1.165, 1.54) is 0 Å². The van der Waals surface area contributed by atoms with Crippen LogP contribution in [0.4, 0.5) is 0 Å². The minimum Gasteiger partial charge on any atom is -0.463 e. The first-order valence-electron chi connectivity index (χ1n) is 11.1. The van der Waals surface area contributed by atoms with Crippen molar-refractivity contribution in [3.8, 4) is 11.5 Å². The number of benzene rings is 1. The molecule has 34 heavy (non-hydrogen) atoms. The first-order valence-corrected chi connectivity index (χ1v) is 11.1. The van der Waals surface area contributed by atoms with Crippen LogP contribution < -0.4 is 5.32 Å². The van der Waals surface area contributed by atoms with Crippen molar-refractivity contribution in [3.05, 3.63) is 88.6 Å². The van der Waals surface area contributed by atoms with E-state index in [1.807, 2.05) is 43.8 Å². The lowest BCUT2D eigenvalue weighted by atomic mass is 10.1. The van der Waals surface area contributed by atoms with Gasteiger partial charge in [-0.15, -0.1) is 0 Å². The van der Waals surface area contributed by atoms with E-state index in [2.05, 4.69) is 45.6 Å². The van der Waals surface area contributed by atoms with E-state index in [0.717, 1.165) is 33.6 Å². The zero-order valence-electron chi connectivity index (χ0n) is 19.7. The number of fused-ring (bicyclic) bond motifs is 1. The smallest absolute Gasteiger partial charge is 0.252 e. The number of hydrogen-bond donors (Lipinski definition) is 1. The third-order valence-electron chi connectivity index (χ3n) is 5.87. The molecule has 4 heterocycles. The van der Waals surface area contributed by atoms with Crippen molar-refractivity contribution < 1.29 is 9.21 Å². The summed E-state index contributed by atoms with van der Waals surface area (Å²) in [6.07, 6.45) is 1.59. The molecule has 1 aromatic carbocycles. The number of hydrogen-bond acceptors (Lipinski definition) is 5.